The second-order valence-electron chi connectivity index (χ2n) is 4.86. The van der Waals surface area contributed by atoms with Gasteiger partial charge in [0.15, 0.2) is 5.82 Å². The molecule has 1 amide bonds. The van der Waals surface area contributed by atoms with E-state index in [2.05, 4.69) is 20.8 Å². The molecule has 18 heavy (non-hydrogen) atoms. The van der Waals surface area contributed by atoms with Gasteiger partial charge in [-0.15, -0.1) is 5.10 Å². The van der Waals surface area contributed by atoms with Gasteiger partial charge in [-0.05, 0) is 29.7 Å². The van der Waals surface area contributed by atoms with Gasteiger partial charge in [0.1, 0.15) is 0 Å². The lowest BCUT2D eigenvalue weighted by atomic mass is 9.95. The van der Waals surface area contributed by atoms with E-state index < -0.39 is 0 Å². The van der Waals surface area contributed by atoms with Crippen LogP contribution in [0.1, 0.15) is 63.7 Å². The second kappa shape index (κ2) is 6.47. The average Bonchev–Trinajstić information content (AvgIpc) is 2.86. The fraction of sp³-hybridized carbons (Fsp3) is 0.833. The van der Waals surface area contributed by atoms with Crippen LogP contribution in [0.5, 0.6) is 0 Å². The molecule has 1 saturated carbocycles. The molecule has 0 saturated heterocycles. The van der Waals surface area contributed by atoms with Crippen molar-refractivity contribution < 1.29 is 4.79 Å². The minimum Gasteiger partial charge on any atom is -0.349 e. The standard InChI is InChI=1S/C12H21N5O/c1-2-6-12(18)13-9-11-14-15-16-17(11)10-7-4-3-5-8-10/h10H,2-9H2,1H3,(H,13,18). The van der Waals surface area contributed by atoms with Gasteiger partial charge >= 0.3 is 0 Å². The first-order valence-corrected chi connectivity index (χ1v) is 6.84. The van der Waals surface area contributed by atoms with Crippen molar-refractivity contribution in [2.75, 3.05) is 0 Å². The van der Waals surface area contributed by atoms with Gasteiger partial charge in [0.05, 0.1) is 12.6 Å². The summed E-state index contributed by atoms with van der Waals surface area (Å²) in [5.41, 5.74) is 0. The van der Waals surface area contributed by atoms with E-state index >= 15 is 0 Å². The number of tetrazole rings is 1. The van der Waals surface area contributed by atoms with Crippen molar-refractivity contribution in [3.8, 4) is 0 Å². The Kier molecular flexibility index (Phi) is 4.66. The molecule has 0 bridgehead atoms. The Balaban J connectivity index is 1.92. The van der Waals surface area contributed by atoms with E-state index in [1.807, 2.05) is 11.6 Å². The maximum atomic E-state index is 11.4. The second-order valence-corrected chi connectivity index (χ2v) is 4.86. The van der Waals surface area contributed by atoms with Crippen molar-refractivity contribution >= 4 is 5.91 Å². The molecule has 1 fully saturated rings. The lowest BCUT2D eigenvalue weighted by molar-refractivity contribution is -0.121. The molecule has 0 atom stereocenters. The lowest BCUT2D eigenvalue weighted by Crippen LogP contribution is -2.26. The number of hydrogen-bond donors (Lipinski definition) is 1. The predicted octanol–water partition coefficient (Wildman–Crippen LogP) is 1.59. The van der Waals surface area contributed by atoms with Crippen LogP contribution in [0.2, 0.25) is 0 Å². The molecule has 1 aromatic rings. The SMILES string of the molecule is CCCC(=O)NCc1nnnn1C1CCCCC1. The summed E-state index contributed by atoms with van der Waals surface area (Å²) in [5, 5.41) is 14.7. The van der Waals surface area contributed by atoms with Crippen LogP contribution in [0, 0.1) is 0 Å². The molecule has 2 rings (SSSR count). The van der Waals surface area contributed by atoms with Crippen molar-refractivity contribution in [2.24, 2.45) is 0 Å². The van der Waals surface area contributed by atoms with E-state index in [4.69, 9.17) is 0 Å². The van der Waals surface area contributed by atoms with Gasteiger partial charge < -0.3 is 5.32 Å². The molecule has 0 aromatic carbocycles. The summed E-state index contributed by atoms with van der Waals surface area (Å²) in [7, 11) is 0. The molecule has 1 aliphatic carbocycles. The molecular formula is C12H21N5O. The Morgan fingerprint density at radius 1 is 1.39 bits per heavy atom. The highest BCUT2D eigenvalue weighted by Crippen LogP contribution is 2.27. The number of rotatable bonds is 5. The monoisotopic (exact) mass is 251 g/mol. The first-order valence-electron chi connectivity index (χ1n) is 6.84. The van der Waals surface area contributed by atoms with Crippen molar-refractivity contribution in [3.63, 3.8) is 0 Å². The number of aromatic nitrogens is 4. The smallest absolute Gasteiger partial charge is 0.220 e. The van der Waals surface area contributed by atoms with Gasteiger partial charge in [-0.2, -0.15) is 0 Å². The predicted molar refractivity (Wildman–Crippen MR) is 66.7 cm³/mol. The summed E-state index contributed by atoms with van der Waals surface area (Å²) < 4.78 is 1.89. The third-order valence-corrected chi connectivity index (χ3v) is 3.40. The van der Waals surface area contributed by atoms with Gasteiger partial charge in [-0.25, -0.2) is 4.68 Å². The topological polar surface area (TPSA) is 72.7 Å². The molecule has 1 N–H and O–H groups in total. The summed E-state index contributed by atoms with van der Waals surface area (Å²) in [6.07, 6.45) is 7.49. The third kappa shape index (κ3) is 3.27. The molecule has 100 valence electrons. The van der Waals surface area contributed by atoms with Crippen LogP contribution in [-0.4, -0.2) is 26.1 Å². The Morgan fingerprint density at radius 2 is 2.17 bits per heavy atom. The van der Waals surface area contributed by atoms with Gasteiger partial charge in [-0.3, -0.25) is 4.79 Å². The van der Waals surface area contributed by atoms with Crippen molar-refractivity contribution in [1.82, 2.24) is 25.5 Å². The van der Waals surface area contributed by atoms with E-state index in [1.165, 1.54) is 19.3 Å². The van der Waals surface area contributed by atoms with Crippen LogP contribution in [0.15, 0.2) is 0 Å². The quantitative estimate of drug-likeness (QED) is 0.862. The number of hydrogen-bond acceptors (Lipinski definition) is 4. The number of carbonyl (C=O) groups is 1. The van der Waals surface area contributed by atoms with E-state index in [-0.39, 0.29) is 5.91 Å². The third-order valence-electron chi connectivity index (χ3n) is 3.40. The molecule has 1 aliphatic rings. The van der Waals surface area contributed by atoms with E-state index in [9.17, 15) is 4.79 Å². The van der Waals surface area contributed by atoms with Crippen molar-refractivity contribution in [3.05, 3.63) is 5.82 Å². The number of nitrogens with one attached hydrogen (secondary N) is 1. The fourth-order valence-electron chi connectivity index (χ4n) is 2.43. The maximum Gasteiger partial charge on any atom is 0.220 e. The van der Waals surface area contributed by atoms with Gasteiger partial charge in [-0.1, -0.05) is 26.2 Å². The molecular weight excluding hydrogens is 230 g/mol. The van der Waals surface area contributed by atoms with E-state index in [0.29, 0.717) is 19.0 Å². The Hall–Kier alpha value is -1.46. The minimum atomic E-state index is 0.0655. The van der Waals surface area contributed by atoms with Crippen LogP contribution in [-0.2, 0) is 11.3 Å². The Bertz CT molecular complexity index is 384. The largest absolute Gasteiger partial charge is 0.349 e. The number of carbonyl (C=O) groups excluding carboxylic acids is 1. The summed E-state index contributed by atoms with van der Waals surface area (Å²) >= 11 is 0. The highest BCUT2D eigenvalue weighted by atomic mass is 16.1. The van der Waals surface area contributed by atoms with Gasteiger partial charge in [0.2, 0.25) is 5.91 Å². The fourth-order valence-corrected chi connectivity index (χ4v) is 2.43. The highest BCUT2D eigenvalue weighted by molar-refractivity contribution is 5.75. The first-order chi connectivity index (χ1) is 8.81. The van der Waals surface area contributed by atoms with Crippen LogP contribution in [0.4, 0.5) is 0 Å². The molecule has 6 heteroatoms. The van der Waals surface area contributed by atoms with Crippen LogP contribution < -0.4 is 5.32 Å². The van der Waals surface area contributed by atoms with Gasteiger partial charge in [0.25, 0.3) is 0 Å². The molecule has 0 radical (unpaired) electrons. The van der Waals surface area contributed by atoms with Crippen molar-refractivity contribution in [1.29, 1.82) is 0 Å². The summed E-state index contributed by atoms with van der Waals surface area (Å²) in [4.78, 5) is 11.4. The average molecular weight is 251 g/mol. The number of nitrogens with zero attached hydrogens (tertiary/aromatic N) is 4. The summed E-state index contributed by atoms with van der Waals surface area (Å²) in [6.45, 7) is 2.42. The maximum absolute atomic E-state index is 11.4. The molecule has 0 aliphatic heterocycles. The van der Waals surface area contributed by atoms with Gasteiger partial charge in [0, 0.05) is 6.42 Å². The van der Waals surface area contributed by atoms with Crippen LogP contribution in [0.3, 0.4) is 0 Å². The zero-order valence-corrected chi connectivity index (χ0v) is 10.9. The molecule has 1 heterocycles. The molecule has 0 unspecified atom stereocenters. The lowest BCUT2D eigenvalue weighted by Gasteiger charge is -2.22. The first kappa shape index (κ1) is 13.0. The summed E-state index contributed by atoms with van der Waals surface area (Å²) in [5.74, 6) is 0.835. The van der Waals surface area contributed by atoms with Crippen molar-refractivity contribution in [2.45, 2.75) is 64.5 Å². The molecule has 6 nitrogen and oxygen atoms in total. The minimum absolute atomic E-state index is 0.0655. The molecule has 0 spiro atoms. The van der Waals surface area contributed by atoms with Crippen LogP contribution in [0.25, 0.3) is 0 Å². The van der Waals surface area contributed by atoms with E-state index in [0.717, 1.165) is 25.1 Å². The summed E-state index contributed by atoms with van der Waals surface area (Å²) in [6, 6.07) is 0.409. The van der Waals surface area contributed by atoms with Crippen LogP contribution >= 0.6 is 0 Å². The highest BCUT2D eigenvalue weighted by Gasteiger charge is 2.19. The molecule has 1 aromatic heterocycles. The normalized spacial score (nSPS) is 16.7. The Labute approximate surface area is 107 Å². The zero-order chi connectivity index (χ0) is 12.8. The van der Waals surface area contributed by atoms with E-state index in [1.54, 1.807) is 0 Å². The zero-order valence-electron chi connectivity index (χ0n) is 10.9. The Morgan fingerprint density at radius 3 is 2.89 bits per heavy atom. The number of amides is 1.